The zero-order chi connectivity index (χ0) is 74.4. The Morgan fingerprint density at radius 2 is 1.27 bits per heavy atom. The van der Waals surface area contributed by atoms with Gasteiger partial charge in [0.05, 0.1) is 40.8 Å². The SMILES string of the molecule is CN[C@H](CC(C)C)C(=O)N[C@H]1C(=O)N[C@@H](CC(N)=O)C(=O)N[C@H]2C(=O)N[C@H]3C(=O)N[C@H](C(=O)N[C@H](C(=O)O)c4cc(O)cc(O)c4-c4cc3ccc4O)[C@H](O)c3ccc(c(Cl)c3)Oc3cc2cc(c3O[C@@H]2O[C@H](CO)[C@@H](O)[C@H](O)[C@H]2O[C@@H]2O[C@@H](C)[C@@H](O)[C@@](C)(N)C2O)Oc2ccc(cc2Cl)[C@H]1O. The molecule has 11 bridgehead atoms. The quantitative estimate of drug-likeness (QED) is 0.0677. The van der Waals surface area contributed by atoms with Crippen LogP contribution in [-0.4, -0.2) is 202 Å². The van der Waals surface area contributed by atoms with E-state index in [1.165, 1.54) is 27.0 Å². The fourth-order valence-corrected chi connectivity index (χ4v) is 12.9. The summed E-state index contributed by atoms with van der Waals surface area (Å²) in [6, 6.07) is -1.08. The smallest absolute Gasteiger partial charge is 0.330 e. The van der Waals surface area contributed by atoms with E-state index in [1.807, 2.05) is 13.8 Å². The zero-order valence-corrected chi connectivity index (χ0v) is 56.2. The van der Waals surface area contributed by atoms with Crippen molar-refractivity contribution >= 4 is 70.5 Å². The molecule has 34 nitrogen and oxygen atoms in total. The third-order valence-corrected chi connectivity index (χ3v) is 18.6. The molecule has 548 valence electrons. The number of aliphatic carboxylic acids is 1. The molecular weight excluding hydrogens is 1390 g/mol. The van der Waals surface area contributed by atoms with E-state index in [-0.39, 0.29) is 34.8 Å². The van der Waals surface area contributed by atoms with Crippen LogP contribution in [0, 0.1) is 5.92 Å². The summed E-state index contributed by atoms with van der Waals surface area (Å²) >= 11 is 14.1. The second kappa shape index (κ2) is 30.4. The lowest BCUT2D eigenvalue weighted by Crippen LogP contribution is -2.71. The molecule has 2 saturated heterocycles. The lowest BCUT2D eigenvalue weighted by Gasteiger charge is -2.49. The number of phenols is 3. The van der Waals surface area contributed by atoms with E-state index in [2.05, 4.69) is 37.2 Å². The van der Waals surface area contributed by atoms with Gasteiger partial charge in [-0.3, -0.25) is 33.6 Å². The lowest BCUT2D eigenvalue weighted by molar-refractivity contribution is -0.351. The minimum atomic E-state index is -2.38. The molecule has 5 aromatic rings. The normalized spacial score (nSPS) is 30.0. The number of rotatable bonds is 13. The monoisotopic (exact) mass is 1460 g/mol. The third-order valence-electron chi connectivity index (χ3n) is 18.0. The van der Waals surface area contributed by atoms with Gasteiger partial charge in [0.2, 0.25) is 53.4 Å². The van der Waals surface area contributed by atoms with Crippen molar-refractivity contribution in [2.75, 3.05) is 13.7 Å². The van der Waals surface area contributed by atoms with Crippen LogP contribution in [0.2, 0.25) is 10.0 Å². The Balaban J connectivity index is 1.24. The molecule has 7 heterocycles. The number of aromatic hydroxyl groups is 3. The number of likely N-dealkylation sites (N-methyl/N-ethyl adjacent to an activating group) is 1. The molecule has 5 aromatic carbocycles. The molecule has 22 N–H and O–H groups in total. The average Bonchev–Trinajstić information content (AvgIpc) is 0.768. The number of nitrogens with two attached hydrogens (primary N) is 2. The molecular formula is C66H75Cl2N9O25. The number of halogens is 2. The van der Waals surface area contributed by atoms with Crippen molar-refractivity contribution < 1.29 is 123 Å². The van der Waals surface area contributed by atoms with Crippen LogP contribution in [0.3, 0.4) is 0 Å². The molecule has 2 fully saturated rings. The fourth-order valence-electron chi connectivity index (χ4n) is 12.5. The Hall–Kier alpha value is -9.24. The molecule has 19 atom stereocenters. The summed E-state index contributed by atoms with van der Waals surface area (Å²) in [5.74, 6) is -16.4. The van der Waals surface area contributed by atoms with E-state index in [0.29, 0.717) is 0 Å². The highest BCUT2D eigenvalue weighted by Crippen LogP contribution is 2.50. The van der Waals surface area contributed by atoms with Crippen LogP contribution >= 0.6 is 23.2 Å². The Bertz CT molecular complexity index is 4110. The van der Waals surface area contributed by atoms with Gasteiger partial charge in [0, 0.05) is 22.8 Å². The number of benzene rings is 5. The number of carbonyl (C=O) groups is 8. The number of primary amides is 1. The Morgan fingerprint density at radius 3 is 1.86 bits per heavy atom. The van der Waals surface area contributed by atoms with Crippen molar-refractivity contribution in [3.63, 3.8) is 0 Å². The van der Waals surface area contributed by atoms with Crippen LogP contribution in [0.4, 0.5) is 0 Å². The van der Waals surface area contributed by atoms with Gasteiger partial charge in [0.15, 0.2) is 29.9 Å². The van der Waals surface area contributed by atoms with E-state index in [4.69, 9.17) is 63.1 Å². The molecule has 0 aromatic heterocycles. The van der Waals surface area contributed by atoms with Crippen molar-refractivity contribution in [1.29, 1.82) is 0 Å². The second-order valence-corrected chi connectivity index (χ2v) is 26.6. The molecule has 0 radical (unpaired) electrons. The number of nitrogens with one attached hydrogen (secondary N) is 7. The highest BCUT2D eigenvalue weighted by molar-refractivity contribution is 6.32. The molecule has 7 aliphatic heterocycles. The third kappa shape index (κ3) is 15.4. The van der Waals surface area contributed by atoms with Gasteiger partial charge in [0.25, 0.3) is 0 Å². The van der Waals surface area contributed by atoms with Gasteiger partial charge in [0.1, 0.15) is 102 Å². The fraction of sp³-hybridized carbons (Fsp3) is 0.424. The number of amides is 7. The van der Waals surface area contributed by atoms with Gasteiger partial charge < -0.3 is 133 Å². The van der Waals surface area contributed by atoms with E-state index < -0.39 is 248 Å². The van der Waals surface area contributed by atoms with Crippen molar-refractivity contribution in [2.45, 2.75) is 156 Å². The number of ether oxygens (including phenoxy) is 6. The number of carbonyl (C=O) groups excluding carboxylic acids is 7. The maximum absolute atomic E-state index is 16.0. The van der Waals surface area contributed by atoms with Crippen LogP contribution in [0.5, 0.6) is 46.0 Å². The van der Waals surface area contributed by atoms with E-state index >= 15 is 14.4 Å². The Morgan fingerprint density at radius 1 is 0.676 bits per heavy atom. The van der Waals surface area contributed by atoms with Gasteiger partial charge in [-0.15, -0.1) is 0 Å². The average molecular weight is 1470 g/mol. The number of hydrogen-bond donors (Lipinski definition) is 20. The van der Waals surface area contributed by atoms with Crippen molar-refractivity contribution in [2.24, 2.45) is 17.4 Å². The van der Waals surface area contributed by atoms with E-state index in [1.54, 1.807) is 0 Å². The second-order valence-electron chi connectivity index (χ2n) is 25.8. The van der Waals surface area contributed by atoms with Crippen LogP contribution < -0.4 is 62.9 Å². The summed E-state index contributed by atoms with van der Waals surface area (Å²) in [5.41, 5.74) is 7.28. The largest absolute Gasteiger partial charge is 0.508 e. The van der Waals surface area contributed by atoms with Gasteiger partial charge in [-0.05, 0) is 110 Å². The highest BCUT2D eigenvalue weighted by Gasteiger charge is 2.55. The standard InChI is InChI=1S/C66H75Cl2N9O25/c1-22(2)12-33(71-5)57(89)76-47-49(83)25-7-10-37(31(67)14-25)98-39-16-27-17-40(53(39)101-64-54(52(86)51(85)41(21-78)100-64)102-65-56(88)66(4,70)55(87)23(3)97-65)99-38-11-8-26(15-32(38)68)50(84)48-62(94)75-46(63(95)96)30-18-28(79)19-36(81)43(30)29-13-24(6-9-35(29)80)44(59(91)77-48)74-60(92)45(27)73-58(90)34(20-42(69)82)72-61(47)93/h6-11,13-19,22-23,33-34,41,44-52,54-56,64-65,71,78-81,83-88H,12,20-21,70H2,1-5H3,(H2,69,82)(H,72,93)(H,73,90)(H,74,92)(H,75,94)(H,76,89)(H,77,91)(H,95,96)/t23-,33+,34-,41+,44+,45+,46-,47+,48-,49+,50+,51+,52-,54+,55+,56?,64-,65-,66+/m0/s1. The molecule has 12 rings (SSSR count). The Kier molecular flexibility index (Phi) is 22.5. The van der Waals surface area contributed by atoms with Gasteiger partial charge in [-0.25, -0.2) is 4.79 Å². The molecule has 0 saturated carbocycles. The molecule has 102 heavy (non-hydrogen) atoms. The number of aliphatic hydroxyl groups excluding tert-OH is 7. The summed E-state index contributed by atoms with van der Waals surface area (Å²) < 4.78 is 37.9. The molecule has 0 spiro atoms. The molecule has 7 aliphatic rings. The first kappa shape index (κ1) is 75.4. The first-order chi connectivity index (χ1) is 48.1. The molecule has 1 unspecified atom stereocenters. The summed E-state index contributed by atoms with van der Waals surface area (Å²) in [6.45, 7) is 5.25. The number of aliphatic hydroxyl groups is 7. The molecule has 0 aliphatic carbocycles. The summed E-state index contributed by atoms with van der Waals surface area (Å²) in [4.78, 5) is 117. The first-order valence-corrected chi connectivity index (χ1v) is 32.5. The maximum Gasteiger partial charge on any atom is 0.330 e. The summed E-state index contributed by atoms with van der Waals surface area (Å²) in [5, 5.41) is 142. The van der Waals surface area contributed by atoms with Gasteiger partial charge in [-0.2, -0.15) is 0 Å². The van der Waals surface area contributed by atoms with Crippen LogP contribution in [0.25, 0.3) is 11.1 Å². The summed E-state index contributed by atoms with van der Waals surface area (Å²) in [6.07, 6.45) is -21.8. The van der Waals surface area contributed by atoms with Gasteiger partial charge >= 0.3 is 5.97 Å². The topological polar surface area (TPSA) is 551 Å². The van der Waals surface area contributed by atoms with Crippen LogP contribution in [0.15, 0.2) is 78.9 Å². The number of phenolic OH excluding ortho intramolecular Hbond substituents is 3. The van der Waals surface area contributed by atoms with Crippen molar-refractivity contribution in [3.8, 4) is 57.1 Å². The van der Waals surface area contributed by atoms with Crippen molar-refractivity contribution in [3.05, 3.63) is 117 Å². The van der Waals surface area contributed by atoms with Crippen LogP contribution in [0.1, 0.15) is 98.7 Å². The maximum atomic E-state index is 16.0. The number of hydrogen-bond acceptors (Lipinski definition) is 26. The minimum Gasteiger partial charge on any atom is -0.508 e. The predicted octanol–water partition coefficient (Wildman–Crippen LogP) is -0.923. The molecule has 7 amide bonds. The van der Waals surface area contributed by atoms with Crippen LogP contribution in [-0.2, 0) is 52.6 Å². The first-order valence-electron chi connectivity index (χ1n) is 31.7. The number of carboxylic acids is 1. The number of carboxylic acid groups (broad SMARTS) is 1. The lowest BCUT2D eigenvalue weighted by atomic mass is 9.83. The minimum absolute atomic E-state index is 0.108. The van der Waals surface area contributed by atoms with Crippen molar-refractivity contribution in [1.82, 2.24) is 37.2 Å². The van der Waals surface area contributed by atoms with E-state index in [0.717, 1.165) is 72.8 Å². The zero-order valence-electron chi connectivity index (χ0n) is 54.6. The molecule has 36 heteroatoms. The van der Waals surface area contributed by atoms with Gasteiger partial charge in [-0.1, -0.05) is 55.2 Å². The van der Waals surface area contributed by atoms with E-state index in [9.17, 15) is 80.1 Å². The number of fused-ring (bicyclic) bond motifs is 15. The predicted molar refractivity (Wildman–Crippen MR) is 351 cm³/mol. The highest BCUT2D eigenvalue weighted by atomic mass is 35.5. The Labute approximate surface area is 589 Å². The summed E-state index contributed by atoms with van der Waals surface area (Å²) in [7, 11) is 1.46.